The lowest BCUT2D eigenvalue weighted by molar-refractivity contribution is 0.605. The summed E-state index contributed by atoms with van der Waals surface area (Å²) in [5, 5.41) is 0. The van der Waals surface area contributed by atoms with E-state index < -0.39 is 0 Å². The summed E-state index contributed by atoms with van der Waals surface area (Å²) in [4.78, 5) is 7.74. The number of unbranched alkanes of at least 4 members (excludes halogenated alkanes) is 2. The van der Waals surface area contributed by atoms with Crippen molar-refractivity contribution < 1.29 is 0 Å². The highest BCUT2D eigenvalue weighted by atomic mass is 32.1. The summed E-state index contributed by atoms with van der Waals surface area (Å²) in [7, 11) is 0. The number of aromatic amines is 1. The molecule has 2 aromatic rings. The molecule has 0 bridgehead atoms. The minimum Gasteiger partial charge on any atom is -0.329 e. The van der Waals surface area contributed by atoms with Gasteiger partial charge in [-0.3, -0.25) is 0 Å². The molecule has 1 N–H and O–H groups in total. The summed E-state index contributed by atoms with van der Waals surface area (Å²) >= 11 is 5.31. The largest absolute Gasteiger partial charge is 0.329 e. The Labute approximate surface area is 101 Å². The Morgan fingerprint density at radius 3 is 2.94 bits per heavy atom. The van der Waals surface area contributed by atoms with Crippen LogP contribution >= 0.6 is 12.2 Å². The SMILES string of the molecule is CCCCCn1c(=S)[nH]c2ccc(C)nc21. The Hall–Kier alpha value is -1.16. The number of aryl methyl sites for hydroxylation is 2. The molecule has 0 fully saturated rings. The molecule has 0 aliphatic carbocycles. The molecule has 16 heavy (non-hydrogen) atoms. The van der Waals surface area contributed by atoms with E-state index >= 15 is 0 Å². The lowest BCUT2D eigenvalue weighted by Gasteiger charge is -2.03. The molecule has 3 nitrogen and oxygen atoms in total. The van der Waals surface area contributed by atoms with Crippen LogP contribution in [0.4, 0.5) is 0 Å². The molecule has 2 rings (SSSR count). The van der Waals surface area contributed by atoms with Crippen molar-refractivity contribution in [2.45, 2.75) is 39.7 Å². The van der Waals surface area contributed by atoms with Gasteiger partial charge in [0.25, 0.3) is 0 Å². The monoisotopic (exact) mass is 235 g/mol. The zero-order valence-electron chi connectivity index (χ0n) is 9.79. The Bertz CT molecular complexity index is 539. The number of nitrogens with one attached hydrogen (secondary N) is 1. The second-order valence-corrected chi connectivity index (χ2v) is 4.50. The smallest absolute Gasteiger partial charge is 0.179 e. The van der Waals surface area contributed by atoms with E-state index in [1.165, 1.54) is 12.8 Å². The second-order valence-electron chi connectivity index (χ2n) is 4.11. The van der Waals surface area contributed by atoms with E-state index in [-0.39, 0.29) is 0 Å². The molecule has 0 saturated heterocycles. The molecular weight excluding hydrogens is 218 g/mol. The molecule has 0 atom stereocenters. The second kappa shape index (κ2) is 4.78. The van der Waals surface area contributed by atoms with Gasteiger partial charge in [0.05, 0.1) is 5.52 Å². The zero-order valence-corrected chi connectivity index (χ0v) is 10.6. The van der Waals surface area contributed by atoms with Crippen molar-refractivity contribution in [3.63, 3.8) is 0 Å². The fraction of sp³-hybridized carbons (Fsp3) is 0.500. The Kier molecular flexibility index (Phi) is 3.39. The fourth-order valence-electron chi connectivity index (χ4n) is 1.85. The van der Waals surface area contributed by atoms with Gasteiger partial charge in [-0.05, 0) is 37.7 Å². The highest BCUT2D eigenvalue weighted by Gasteiger charge is 2.05. The zero-order chi connectivity index (χ0) is 11.5. The number of rotatable bonds is 4. The molecule has 0 radical (unpaired) electrons. The number of aromatic nitrogens is 3. The average molecular weight is 235 g/mol. The molecule has 2 heterocycles. The predicted molar refractivity (Wildman–Crippen MR) is 69.2 cm³/mol. The minimum absolute atomic E-state index is 0.782. The topological polar surface area (TPSA) is 33.6 Å². The summed E-state index contributed by atoms with van der Waals surface area (Å²) in [6.45, 7) is 5.17. The van der Waals surface area contributed by atoms with E-state index in [4.69, 9.17) is 12.2 Å². The van der Waals surface area contributed by atoms with Gasteiger partial charge in [-0.15, -0.1) is 0 Å². The van der Waals surface area contributed by atoms with Crippen molar-refractivity contribution in [1.82, 2.24) is 14.5 Å². The minimum atomic E-state index is 0.782. The number of nitrogens with zero attached hydrogens (tertiary/aromatic N) is 2. The van der Waals surface area contributed by atoms with Gasteiger partial charge in [-0.1, -0.05) is 19.8 Å². The first-order valence-electron chi connectivity index (χ1n) is 5.78. The van der Waals surface area contributed by atoms with Crippen LogP contribution in [0.2, 0.25) is 0 Å². The molecule has 0 aliphatic heterocycles. The van der Waals surface area contributed by atoms with Crippen molar-refractivity contribution in [3.05, 3.63) is 22.6 Å². The quantitative estimate of drug-likeness (QED) is 0.649. The summed E-state index contributed by atoms with van der Waals surface area (Å²) < 4.78 is 2.89. The van der Waals surface area contributed by atoms with Crippen LogP contribution in [0, 0.1) is 11.7 Å². The van der Waals surface area contributed by atoms with Crippen molar-refractivity contribution in [2.24, 2.45) is 0 Å². The van der Waals surface area contributed by atoms with E-state index in [9.17, 15) is 0 Å². The van der Waals surface area contributed by atoms with Gasteiger partial charge in [-0.25, -0.2) is 4.98 Å². The third-order valence-corrected chi connectivity index (χ3v) is 3.06. The number of hydrogen-bond acceptors (Lipinski definition) is 2. The Morgan fingerprint density at radius 1 is 1.38 bits per heavy atom. The maximum absolute atomic E-state index is 5.31. The van der Waals surface area contributed by atoms with Crippen LogP contribution in [0.5, 0.6) is 0 Å². The molecule has 0 unspecified atom stereocenters. The highest BCUT2D eigenvalue weighted by Crippen LogP contribution is 2.13. The van der Waals surface area contributed by atoms with Gasteiger partial charge in [0.2, 0.25) is 0 Å². The van der Waals surface area contributed by atoms with Crippen LogP contribution in [-0.2, 0) is 6.54 Å². The van der Waals surface area contributed by atoms with Crippen molar-refractivity contribution >= 4 is 23.4 Å². The van der Waals surface area contributed by atoms with E-state index in [1.54, 1.807) is 0 Å². The maximum atomic E-state index is 5.31. The number of H-pyrrole nitrogens is 1. The van der Waals surface area contributed by atoms with Gasteiger partial charge in [-0.2, -0.15) is 0 Å². The highest BCUT2D eigenvalue weighted by molar-refractivity contribution is 7.71. The third-order valence-electron chi connectivity index (χ3n) is 2.74. The van der Waals surface area contributed by atoms with E-state index in [0.29, 0.717) is 0 Å². The Balaban J connectivity index is 2.38. The van der Waals surface area contributed by atoms with Crippen molar-refractivity contribution in [2.75, 3.05) is 0 Å². The van der Waals surface area contributed by atoms with E-state index in [0.717, 1.165) is 34.6 Å². The fourth-order valence-corrected chi connectivity index (χ4v) is 2.14. The molecule has 0 amide bonds. The van der Waals surface area contributed by atoms with Crippen molar-refractivity contribution in [3.8, 4) is 0 Å². The number of imidazole rings is 1. The summed E-state index contributed by atoms with van der Waals surface area (Å²) in [5.41, 5.74) is 3.05. The predicted octanol–water partition coefficient (Wildman–Crippen LogP) is 3.59. The van der Waals surface area contributed by atoms with Crippen LogP contribution in [-0.4, -0.2) is 14.5 Å². The van der Waals surface area contributed by atoms with Crippen molar-refractivity contribution in [1.29, 1.82) is 0 Å². The number of fused-ring (bicyclic) bond motifs is 1. The first-order valence-corrected chi connectivity index (χ1v) is 6.19. The lowest BCUT2D eigenvalue weighted by atomic mass is 10.2. The van der Waals surface area contributed by atoms with Crippen LogP contribution in [0.25, 0.3) is 11.2 Å². The van der Waals surface area contributed by atoms with Gasteiger partial charge in [0, 0.05) is 12.2 Å². The molecule has 4 heteroatoms. The normalized spacial score (nSPS) is 11.1. The van der Waals surface area contributed by atoms with Crippen LogP contribution in [0.15, 0.2) is 12.1 Å². The number of pyridine rings is 1. The molecule has 2 aromatic heterocycles. The molecule has 0 aromatic carbocycles. The summed E-state index contributed by atoms with van der Waals surface area (Å²) in [6, 6.07) is 4.05. The van der Waals surface area contributed by atoms with Gasteiger partial charge < -0.3 is 9.55 Å². The molecule has 86 valence electrons. The number of hydrogen-bond donors (Lipinski definition) is 1. The van der Waals surface area contributed by atoms with Crippen LogP contribution in [0.3, 0.4) is 0 Å². The van der Waals surface area contributed by atoms with Gasteiger partial charge in [0.15, 0.2) is 10.4 Å². The molecule has 0 spiro atoms. The van der Waals surface area contributed by atoms with Gasteiger partial charge in [0.1, 0.15) is 0 Å². The van der Waals surface area contributed by atoms with Crippen LogP contribution in [0.1, 0.15) is 31.9 Å². The van der Waals surface area contributed by atoms with Crippen LogP contribution < -0.4 is 0 Å². The first-order chi connectivity index (χ1) is 7.72. The first kappa shape index (κ1) is 11.3. The maximum Gasteiger partial charge on any atom is 0.179 e. The third kappa shape index (κ3) is 2.16. The molecule has 0 saturated carbocycles. The van der Waals surface area contributed by atoms with Gasteiger partial charge >= 0.3 is 0 Å². The molecule has 0 aliphatic rings. The van der Waals surface area contributed by atoms with E-state index in [1.807, 2.05) is 19.1 Å². The van der Waals surface area contributed by atoms with E-state index in [2.05, 4.69) is 21.5 Å². The molecular formula is C12H17N3S. The standard InChI is InChI=1S/C12H17N3S/c1-3-4-5-8-15-11-10(14-12(15)16)7-6-9(2)13-11/h6-7H,3-5,8H2,1-2H3,(H,14,16). The Morgan fingerprint density at radius 2 is 2.19 bits per heavy atom. The average Bonchev–Trinajstić information content (AvgIpc) is 2.56. The summed E-state index contributed by atoms with van der Waals surface area (Å²) in [6.07, 6.45) is 3.62. The lowest BCUT2D eigenvalue weighted by Crippen LogP contribution is -1.99. The summed E-state index contributed by atoms with van der Waals surface area (Å²) in [5.74, 6) is 0.